The van der Waals surface area contributed by atoms with Crippen LogP contribution < -0.4 is 0 Å². The Morgan fingerprint density at radius 3 is 2.50 bits per heavy atom. The third-order valence-corrected chi connectivity index (χ3v) is 3.60. The minimum atomic E-state index is -4.45. The van der Waals surface area contributed by atoms with Gasteiger partial charge in [0, 0.05) is 17.3 Å². The van der Waals surface area contributed by atoms with E-state index in [0.717, 1.165) is 17.1 Å². The maximum absolute atomic E-state index is 12.7. The van der Waals surface area contributed by atoms with E-state index >= 15 is 0 Å². The van der Waals surface area contributed by atoms with Crippen molar-refractivity contribution in [2.45, 2.75) is 6.18 Å². The van der Waals surface area contributed by atoms with E-state index in [2.05, 4.69) is 20.1 Å². The lowest BCUT2D eigenvalue weighted by atomic mass is 10.1. The molecule has 4 aromatic rings. The second-order valence-electron chi connectivity index (χ2n) is 5.21. The molecule has 0 bridgehead atoms. The van der Waals surface area contributed by atoms with Gasteiger partial charge >= 0.3 is 6.18 Å². The average Bonchev–Trinajstić information content (AvgIpc) is 3.23. The highest BCUT2D eigenvalue weighted by atomic mass is 19.4. The number of H-pyrrole nitrogens is 2. The summed E-state index contributed by atoms with van der Waals surface area (Å²) >= 11 is 0. The van der Waals surface area contributed by atoms with Crippen molar-refractivity contribution in [1.29, 1.82) is 0 Å². The van der Waals surface area contributed by atoms with Crippen molar-refractivity contribution < 1.29 is 13.2 Å². The summed E-state index contributed by atoms with van der Waals surface area (Å²) in [5, 5.41) is 5.76. The van der Waals surface area contributed by atoms with Crippen LogP contribution >= 0.6 is 0 Å². The van der Waals surface area contributed by atoms with Crippen molar-refractivity contribution in [2.75, 3.05) is 0 Å². The van der Waals surface area contributed by atoms with Crippen LogP contribution in [0.1, 0.15) is 5.69 Å². The Hall–Kier alpha value is -3.16. The molecular weight excluding hydrogens is 319 g/mol. The zero-order chi connectivity index (χ0) is 16.7. The number of nitrogens with one attached hydrogen (secondary N) is 2. The lowest BCUT2D eigenvalue weighted by Gasteiger charge is -2.03. The lowest BCUT2D eigenvalue weighted by Crippen LogP contribution is -2.04. The Kier molecular flexibility index (Phi) is 3.12. The van der Waals surface area contributed by atoms with Crippen LogP contribution in [-0.2, 0) is 6.18 Å². The number of hydrogen-bond acceptors (Lipinski definition) is 3. The standard InChI is InChI=1S/C16H10F3N5/c17-16(18,19)14-7-12(23-24-14)9-2-1-3-10(6-9)13-8-21-15-11(22-13)4-5-20-15/h1-8H,(H,20,21)(H,23,24). The summed E-state index contributed by atoms with van der Waals surface area (Å²) in [6, 6.07) is 9.79. The summed E-state index contributed by atoms with van der Waals surface area (Å²) in [6.07, 6.45) is -1.09. The zero-order valence-corrected chi connectivity index (χ0v) is 12.1. The summed E-state index contributed by atoms with van der Waals surface area (Å²) in [4.78, 5) is 11.7. The van der Waals surface area contributed by atoms with Crippen molar-refractivity contribution in [3.05, 3.63) is 54.5 Å². The molecule has 0 spiro atoms. The molecule has 0 unspecified atom stereocenters. The van der Waals surface area contributed by atoms with Crippen molar-refractivity contribution in [1.82, 2.24) is 25.1 Å². The minimum Gasteiger partial charge on any atom is -0.345 e. The molecule has 120 valence electrons. The molecular formula is C16H10F3N5. The molecule has 0 radical (unpaired) electrons. The number of aromatic amines is 2. The van der Waals surface area contributed by atoms with Crippen LogP contribution in [0.5, 0.6) is 0 Å². The van der Waals surface area contributed by atoms with Gasteiger partial charge in [0.05, 0.1) is 17.6 Å². The number of aromatic nitrogens is 5. The van der Waals surface area contributed by atoms with Crippen LogP contribution in [0, 0.1) is 0 Å². The van der Waals surface area contributed by atoms with E-state index < -0.39 is 11.9 Å². The first-order chi connectivity index (χ1) is 11.5. The lowest BCUT2D eigenvalue weighted by molar-refractivity contribution is -0.141. The van der Waals surface area contributed by atoms with Crippen LogP contribution in [0.25, 0.3) is 33.7 Å². The second-order valence-corrected chi connectivity index (χ2v) is 5.21. The summed E-state index contributed by atoms with van der Waals surface area (Å²) in [5.74, 6) is 0. The van der Waals surface area contributed by atoms with Gasteiger partial charge in [0.2, 0.25) is 0 Å². The quantitative estimate of drug-likeness (QED) is 0.583. The summed E-state index contributed by atoms with van der Waals surface area (Å²) in [5.41, 5.74) is 2.69. The molecule has 0 aliphatic rings. The molecule has 0 saturated carbocycles. The molecule has 4 rings (SSSR count). The fourth-order valence-electron chi connectivity index (χ4n) is 2.42. The van der Waals surface area contributed by atoms with Gasteiger partial charge in [-0.1, -0.05) is 18.2 Å². The fourth-order valence-corrected chi connectivity index (χ4v) is 2.42. The van der Waals surface area contributed by atoms with Gasteiger partial charge in [0.25, 0.3) is 0 Å². The Labute approximate surface area is 133 Å². The third kappa shape index (κ3) is 2.51. The molecule has 0 aliphatic carbocycles. The highest BCUT2D eigenvalue weighted by Gasteiger charge is 2.33. The third-order valence-electron chi connectivity index (χ3n) is 3.60. The average molecular weight is 329 g/mol. The van der Waals surface area contributed by atoms with Crippen LogP contribution in [0.15, 0.2) is 48.8 Å². The number of hydrogen-bond donors (Lipinski definition) is 2. The molecule has 0 atom stereocenters. The van der Waals surface area contributed by atoms with Gasteiger partial charge in [0.15, 0.2) is 5.65 Å². The van der Waals surface area contributed by atoms with Gasteiger partial charge in [-0.2, -0.15) is 18.3 Å². The van der Waals surface area contributed by atoms with Gasteiger partial charge in [0.1, 0.15) is 11.2 Å². The van der Waals surface area contributed by atoms with Crippen molar-refractivity contribution >= 4 is 11.2 Å². The number of alkyl halides is 3. The van der Waals surface area contributed by atoms with Crippen LogP contribution in [0.3, 0.4) is 0 Å². The Morgan fingerprint density at radius 1 is 0.958 bits per heavy atom. The Bertz CT molecular complexity index is 1020. The van der Waals surface area contributed by atoms with Gasteiger partial charge in [-0.05, 0) is 18.2 Å². The van der Waals surface area contributed by atoms with Crippen LogP contribution in [0.2, 0.25) is 0 Å². The molecule has 3 heterocycles. The summed E-state index contributed by atoms with van der Waals surface area (Å²) in [7, 11) is 0. The van der Waals surface area contributed by atoms with Gasteiger partial charge in [-0.3, -0.25) is 5.10 Å². The fraction of sp³-hybridized carbons (Fsp3) is 0.0625. The number of halogens is 3. The number of rotatable bonds is 2. The largest absolute Gasteiger partial charge is 0.432 e. The first-order valence-corrected chi connectivity index (χ1v) is 7.04. The Morgan fingerprint density at radius 2 is 1.75 bits per heavy atom. The van der Waals surface area contributed by atoms with Gasteiger partial charge in [-0.15, -0.1) is 0 Å². The van der Waals surface area contributed by atoms with E-state index in [9.17, 15) is 13.2 Å². The molecule has 0 amide bonds. The summed E-state index contributed by atoms with van der Waals surface area (Å²) < 4.78 is 38.1. The predicted molar refractivity (Wildman–Crippen MR) is 81.9 cm³/mol. The summed E-state index contributed by atoms with van der Waals surface area (Å²) in [6.45, 7) is 0. The van der Waals surface area contributed by atoms with E-state index in [1.54, 1.807) is 36.7 Å². The molecule has 3 aromatic heterocycles. The first kappa shape index (κ1) is 14.4. The molecule has 5 nitrogen and oxygen atoms in total. The van der Waals surface area contributed by atoms with E-state index in [4.69, 9.17) is 0 Å². The Balaban J connectivity index is 1.74. The van der Waals surface area contributed by atoms with Crippen molar-refractivity contribution in [3.8, 4) is 22.5 Å². The first-order valence-electron chi connectivity index (χ1n) is 7.04. The van der Waals surface area contributed by atoms with E-state index in [0.29, 0.717) is 16.9 Å². The van der Waals surface area contributed by atoms with E-state index in [1.807, 2.05) is 11.2 Å². The SMILES string of the molecule is FC(F)(F)c1cc(-c2cccc(-c3cnc4[nH]ccc4n3)c2)n[nH]1. The highest BCUT2D eigenvalue weighted by Crippen LogP contribution is 2.31. The topological polar surface area (TPSA) is 70.2 Å². The molecule has 0 fully saturated rings. The van der Waals surface area contributed by atoms with Crippen molar-refractivity contribution in [3.63, 3.8) is 0 Å². The number of nitrogens with zero attached hydrogens (tertiary/aromatic N) is 3. The normalized spacial score (nSPS) is 12.0. The molecule has 0 aliphatic heterocycles. The molecule has 1 aromatic carbocycles. The monoisotopic (exact) mass is 329 g/mol. The second kappa shape index (κ2) is 5.19. The number of benzene rings is 1. The van der Waals surface area contributed by atoms with E-state index in [1.165, 1.54) is 0 Å². The van der Waals surface area contributed by atoms with Crippen LogP contribution in [0.4, 0.5) is 13.2 Å². The maximum atomic E-state index is 12.7. The number of fused-ring (bicyclic) bond motifs is 1. The smallest absolute Gasteiger partial charge is 0.345 e. The molecule has 8 heteroatoms. The molecule has 2 N–H and O–H groups in total. The maximum Gasteiger partial charge on any atom is 0.432 e. The van der Waals surface area contributed by atoms with E-state index in [-0.39, 0.29) is 5.69 Å². The van der Waals surface area contributed by atoms with Gasteiger partial charge in [-0.25, -0.2) is 9.97 Å². The predicted octanol–water partition coefficient (Wildman–Crippen LogP) is 4.03. The van der Waals surface area contributed by atoms with Gasteiger partial charge < -0.3 is 4.98 Å². The molecule has 0 saturated heterocycles. The zero-order valence-electron chi connectivity index (χ0n) is 12.1. The van der Waals surface area contributed by atoms with Crippen molar-refractivity contribution in [2.24, 2.45) is 0 Å². The highest BCUT2D eigenvalue weighted by molar-refractivity contribution is 5.75. The van der Waals surface area contributed by atoms with Crippen LogP contribution in [-0.4, -0.2) is 25.1 Å². The minimum absolute atomic E-state index is 0.222. The molecule has 24 heavy (non-hydrogen) atoms.